The van der Waals surface area contributed by atoms with Gasteiger partial charge in [0.15, 0.2) is 0 Å². The summed E-state index contributed by atoms with van der Waals surface area (Å²) in [6, 6.07) is 22.7. The Morgan fingerprint density at radius 3 is 2.39 bits per heavy atom. The Kier molecular flexibility index (Phi) is 5.71. The van der Waals surface area contributed by atoms with Gasteiger partial charge in [0.1, 0.15) is 0 Å². The Morgan fingerprint density at radius 1 is 0.893 bits per heavy atom. The minimum absolute atomic E-state index is 0. The average molecular weight is 395 g/mol. The number of hydrogen-bond donors (Lipinski definition) is 0. The molecule has 0 fully saturated rings. The number of aromatic nitrogens is 2. The molecule has 0 aliphatic carbocycles. The first-order chi connectivity index (χ1) is 12.6. The molecule has 5 aromatic rings. The van der Waals surface area contributed by atoms with Crippen molar-refractivity contribution in [3.63, 3.8) is 0 Å². The summed E-state index contributed by atoms with van der Waals surface area (Å²) >= 11 is 0. The number of hydrogen-bond acceptors (Lipinski definition) is 1. The molecule has 2 heterocycles. The number of benzene rings is 3. The topological polar surface area (TPSA) is 17.3 Å². The zero-order chi connectivity index (χ0) is 17.8. The molecule has 0 atom stereocenters. The third kappa shape index (κ3) is 2.98. The Morgan fingerprint density at radius 2 is 1.64 bits per heavy atom. The maximum atomic E-state index is 4.81. The van der Waals surface area contributed by atoms with Crippen molar-refractivity contribution < 1.29 is 12.4 Å². The minimum Gasteiger partial charge on any atom is -1.00 e. The normalized spacial score (nSPS) is 10.8. The summed E-state index contributed by atoms with van der Waals surface area (Å²) in [7, 11) is 0. The third-order valence-electron chi connectivity index (χ3n) is 5.26. The smallest absolute Gasteiger partial charge is 1.00 e. The molecule has 0 aliphatic rings. The fourth-order valence-corrected chi connectivity index (χ4v) is 4.07. The SMILES string of the molecule is Cc1ccc2c(c1)c1ccc[c-]c1c1ncc(-c3c(C)cccc3C)n21.[Cl-].[Mg+2]. The van der Waals surface area contributed by atoms with Crippen LogP contribution < -0.4 is 12.4 Å². The molecule has 2 nitrogen and oxygen atoms in total. The summed E-state index contributed by atoms with van der Waals surface area (Å²) in [5.41, 5.74) is 8.35. The number of aryl methyl sites for hydroxylation is 3. The fraction of sp³-hybridized carbons (Fsp3) is 0.125. The van der Waals surface area contributed by atoms with Gasteiger partial charge in [-0.1, -0.05) is 41.3 Å². The summed E-state index contributed by atoms with van der Waals surface area (Å²) < 4.78 is 2.29. The molecule has 0 unspecified atom stereocenters. The van der Waals surface area contributed by atoms with Crippen molar-refractivity contribution in [1.82, 2.24) is 9.38 Å². The van der Waals surface area contributed by atoms with Crippen LogP contribution in [0.15, 0.2) is 60.8 Å². The van der Waals surface area contributed by atoms with Gasteiger partial charge in [0.05, 0.1) is 11.3 Å². The van der Waals surface area contributed by atoms with E-state index < -0.39 is 0 Å². The molecule has 0 aliphatic heterocycles. The molecule has 4 heteroatoms. The number of halogens is 1. The van der Waals surface area contributed by atoms with Gasteiger partial charge in [0, 0.05) is 17.3 Å². The Balaban J connectivity index is 0.00000112. The molecule has 0 saturated heterocycles. The summed E-state index contributed by atoms with van der Waals surface area (Å²) in [4.78, 5) is 4.81. The van der Waals surface area contributed by atoms with Crippen LogP contribution in [0, 0.1) is 26.8 Å². The second-order valence-corrected chi connectivity index (χ2v) is 7.05. The zero-order valence-electron chi connectivity index (χ0n) is 16.3. The molecule has 3 aromatic carbocycles. The Hall–Kier alpha value is -2.07. The van der Waals surface area contributed by atoms with Gasteiger partial charge in [0.25, 0.3) is 0 Å². The number of pyridine rings is 1. The molecule has 0 amide bonds. The van der Waals surface area contributed by atoms with Crippen molar-refractivity contribution in [3.05, 3.63) is 83.6 Å². The van der Waals surface area contributed by atoms with Crippen LogP contribution in [0.5, 0.6) is 0 Å². The van der Waals surface area contributed by atoms with Crippen molar-refractivity contribution in [2.75, 3.05) is 0 Å². The third-order valence-corrected chi connectivity index (χ3v) is 5.26. The van der Waals surface area contributed by atoms with Gasteiger partial charge < -0.3 is 16.8 Å². The number of fused-ring (bicyclic) bond motifs is 6. The molecule has 2 aromatic heterocycles. The van der Waals surface area contributed by atoms with Crippen LogP contribution in [0.2, 0.25) is 0 Å². The maximum absolute atomic E-state index is 4.81. The maximum Gasteiger partial charge on any atom is 2.00 e. The fourth-order valence-electron chi connectivity index (χ4n) is 4.07. The predicted molar refractivity (Wildman–Crippen MR) is 114 cm³/mol. The van der Waals surface area contributed by atoms with E-state index in [1.807, 2.05) is 12.3 Å². The summed E-state index contributed by atoms with van der Waals surface area (Å²) in [6.45, 7) is 6.48. The van der Waals surface area contributed by atoms with Gasteiger partial charge in [-0.25, -0.2) is 0 Å². The quantitative estimate of drug-likeness (QED) is 0.242. The van der Waals surface area contributed by atoms with E-state index in [1.165, 1.54) is 38.5 Å². The van der Waals surface area contributed by atoms with Crippen molar-refractivity contribution in [2.24, 2.45) is 0 Å². The van der Waals surface area contributed by atoms with E-state index in [0.29, 0.717) is 0 Å². The monoisotopic (exact) mass is 394 g/mol. The van der Waals surface area contributed by atoms with E-state index in [1.54, 1.807) is 0 Å². The van der Waals surface area contributed by atoms with Gasteiger partial charge in [-0.3, -0.25) is 4.98 Å². The number of imidazole rings is 1. The van der Waals surface area contributed by atoms with Crippen molar-refractivity contribution in [1.29, 1.82) is 0 Å². The number of nitrogens with zero attached hydrogens (tertiary/aromatic N) is 2. The van der Waals surface area contributed by atoms with Crippen LogP contribution >= 0.6 is 0 Å². The minimum atomic E-state index is 0. The first kappa shape index (κ1) is 20.7. The molecule has 0 N–H and O–H groups in total. The second-order valence-electron chi connectivity index (χ2n) is 7.05. The van der Waals surface area contributed by atoms with Crippen LogP contribution in [-0.2, 0) is 0 Å². The Labute approximate surface area is 187 Å². The van der Waals surface area contributed by atoms with Gasteiger partial charge in [-0.15, -0.1) is 29.7 Å². The molecule has 0 bridgehead atoms. The van der Waals surface area contributed by atoms with Crippen molar-refractivity contribution in [2.45, 2.75) is 20.8 Å². The van der Waals surface area contributed by atoms with Gasteiger partial charge >= 0.3 is 23.1 Å². The number of rotatable bonds is 1. The average Bonchev–Trinajstić information content (AvgIpc) is 3.07. The zero-order valence-corrected chi connectivity index (χ0v) is 18.4. The van der Waals surface area contributed by atoms with Crippen LogP contribution in [-0.4, -0.2) is 32.4 Å². The molecule has 0 spiro atoms. The second kappa shape index (κ2) is 7.74. The van der Waals surface area contributed by atoms with Crippen LogP contribution in [0.1, 0.15) is 16.7 Å². The molecule has 134 valence electrons. The molecule has 0 radical (unpaired) electrons. The summed E-state index contributed by atoms with van der Waals surface area (Å²) in [6.07, 6.45) is 2.00. The van der Waals surface area contributed by atoms with E-state index in [2.05, 4.69) is 79.8 Å². The predicted octanol–water partition coefficient (Wildman–Crippen LogP) is 2.66. The van der Waals surface area contributed by atoms with Crippen LogP contribution in [0.4, 0.5) is 0 Å². The molecular weight excluding hydrogens is 376 g/mol. The van der Waals surface area contributed by atoms with Crippen molar-refractivity contribution in [3.8, 4) is 11.3 Å². The van der Waals surface area contributed by atoms with E-state index in [0.717, 1.165) is 16.7 Å². The largest absolute Gasteiger partial charge is 2.00 e. The summed E-state index contributed by atoms with van der Waals surface area (Å²) in [5, 5.41) is 3.52. The van der Waals surface area contributed by atoms with E-state index in [4.69, 9.17) is 4.98 Å². The van der Waals surface area contributed by atoms with Gasteiger partial charge in [-0.2, -0.15) is 0 Å². The first-order valence-electron chi connectivity index (χ1n) is 8.92. The van der Waals surface area contributed by atoms with E-state index in [-0.39, 0.29) is 35.5 Å². The van der Waals surface area contributed by atoms with E-state index >= 15 is 0 Å². The molecule has 28 heavy (non-hydrogen) atoms. The Bertz CT molecular complexity index is 1300. The van der Waals surface area contributed by atoms with Crippen LogP contribution in [0.25, 0.3) is 38.6 Å². The standard InChI is InChI=1S/C24H19N2.ClH.Mg/c1-15-11-12-21-20(13-15)18-9-4-5-10-19(18)24-25-14-22(26(21)24)23-16(2)7-6-8-17(23)3;;/h4-9,11-14H,1-3H3;1H;/q-1;;+2/p-1. The van der Waals surface area contributed by atoms with Crippen LogP contribution in [0.3, 0.4) is 0 Å². The van der Waals surface area contributed by atoms with E-state index in [9.17, 15) is 0 Å². The molecular formula is C24H19ClMgN2. The van der Waals surface area contributed by atoms with Gasteiger partial charge in [0.2, 0.25) is 0 Å². The van der Waals surface area contributed by atoms with Gasteiger partial charge in [-0.05, 0) is 43.4 Å². The molecule has 5 rings (SSSR count). The first-order valence-corrected chi connectivity index (χ1v) is 8.92. The summed E-state index contributed by atoms with van der Waals surface area (Å²) in [5.74, 6) is 0. The molecule has 0 saturated carbocycles. The van der Waals surface area contributed by atoms with Crippen molar-refractivity contribution >= 4 is 50.4 Å².